The molecule has 0 aromatic heterocycles. The topological polar surface area (TPSA) is 58.5 Å². The SMILES string of the molecule is Cc1cccc(N=C=O)c1C(=O)NC(C)CC(F)(F)C(F)(F)C(F)(F)C(F)(F)C(F)(F)C(F)(F)C(F)(F)C(F)(F)C(F)(F)C(F)(F)C(F)(F)C(F)(F)C(F)(F)C(F)(F)C(F)(F)C(F)(F)C(F)(F)C(F)(F)C(F)(F)C(F)(F)C(F)(F)C(F)(F)F. The highest BCUT2D eigenvalue weighted by Gasteiger charge is 3.04. The molecule has 0 radical (unpaired) electrons. The predicted molar refractivity (Wildman–Crippen MR) is 170 cm³/mol. The number of aliphatic imine (C=N–C) groups is 1. The molecule has 1 aromatic carbocycles. The van der Waals surface area contributed by atoms with Crippen LogP contribution in [0.5, 0.6) is 0 Å². The van der Waals surface area contributed by atoms with Gasteiger partial charge in [-0.3, -0.25) is 4.79 Å². The van der Waals surface area contributed by atoms with Crippen molar-refractivity contribution in [3.63, 3.8) is 0 Å². The van der Waals surface area contributed by atoms with Gasteiger partial charge in [0.1, 0.15) is 0 Å². The van der Waals surface area contributed by atoms with Crippen LogP contribution >= 0.6 is 0 Å². The van der Waals surface area contributed by atoms with Crippen LogP contribution in [-0.2, 0) is 4.79 Å². The van der Waals surface area contributed by atoms with Gasteiger partial charge in [0.2, 0.25) is 6.08 Å². The number of amides is 1. The zero-order chi connectivity index (χ0) is 67.8. The average Bonchev–Trinajstić information content (AvgIpc) is 3.26. The van der Waals surface area contributed by atoms with E-state index in [-0.39, 0.29) is 6.92 Å². The lowest BCUT2D eigenvalue weighted by atomic mass is 9.81. The maximum Gasteiger partial charge on any atom is 0.460 e. The minimum absolute atomic E-state index is 0.0991. The minimum Gasteiger partial charge on any atom is -0.349 e. The molecule has 1 atom stereocenters. The Bertz CT molecular complexity index is 2600. The van der Waals surface area contributed by atoms with E-state index in [2.05, 4.69) is 4.99 Å². The molecule has 0 aliphatic carbocycles. The van der Waals surface area contributed by atoms with E-state index in [1.165, 1.54) is 0 Å². The first-order valence-electron chi connectivity index (χ1n) is 19.0. The quantitative estimate of drug-likeness (QED) is 0.0603. The molecule has 0 saturated heterocycles. The Kier molecular flexibility index (Phi) is 18.3. The fourth-order valence-corrected chi connectivity index (χ4v) is 5.91. The molecule has 486 valence electrons. The zero-order valence-corrected chi connectivity index (χ0v) is 37.3. The number of alkyl halides is 45. The van der Waals surface area contributed by atoms with Gasteiger partial charge in [-0.15, -0.1) is 0 Å². The van der Waals surface area contributed by atoms with Crippen LogP contribution in [0.4, 0.5) is 203 Å². The number of carbonyl (C=O) groups is 1. The lowest BCUT2D eigenvalue weighted by molar-refractivity contribution is -0.497. The Morgan fingerprint density at radius 2 is 0.578 bits per heavy atom. The maximum absolute atomic E-state index is 14.6. The van der Waals surface area contributed by atoms with Crippen LogP contribution in [0.15, 0.2) is 23.2 Å². The molecule has 1 N–H and O–H groups in total. The predicted octanol–water partition coefficient (Wildman–Crippen LogP) is 16.4. The number of nitrogens with one attached hydrogen (secondary N) is 1. The molecular weight excluding hydrogens is 1320 g/mol. The smallest absolute Gasteiger partial charge is 0.349 e. The van der Waals surface area contributed by atoms with E-state index >= 15 is 0 Å². The van der Waals surface area contributed by atoms with Gasteiger partial charge in [-0.05, 0) is 25.5 Å². The van der Waals surface area contributed by atoms with Gasteiger partial charge in [0, 0.05) is 12.5 Å². The molecule has 0 aliphatic heterocycles. The number of carbonyl (C=O) groups excluding carboxylic acids is 2. The summed E-state index contributed by atoms with van der Waals surface area (Å²) < 4.78 is 630. The Hall–Kier alpha value is -5.08. The third-order valence-electron chi connectivity index (χ3n) is 10.9. The van der Waals surface area contributed by atoms with Gasteiger partial charge in [0.25, 0.3) is 5.91 Å². The van der Waals surface area contributed by atoms with Gasteiger partial charge in [-0.2, -0.15) is 203 Å². The number of rotatable bonds is 25. The Balaban J connectivity index is 4.08. The van der Waals surface area contributed by atoms with E-state index in [1.807, 2.05) is 0 Å². The standard InChI is InChI=1S/C34H13F45N2O2/c1-8-4-3-5-10(80-7-82)11(8)12(83)81-9(2)6-13(35,36)14(37,38)15(39,40)16(41,42)17(43,44)18(45,46)19(47,48)20(49,50)21(51,52)22(53,54)23(55,56)24(57,58)25(59,60)26(61,62)27(63,64)28(65,66)29(67,68)30(69,70)31(71,72)32(73,74)33(75,76)34(77,78)79/h3-5,9H,6H2,1-2H3,(H,81,83). The highest BCUT2D eigenvalue weighted by Crippen LogP contribution is 2.72. The van der Waals surface area contributed by atoms with Gasteiger partial charge in [-0.25, -0.2) is 4.79 Å². The number of nitrogens with zero attached hydrogens (tertiary/aromatic N) is 1. The molecule has 83 heavy (non-hydrogen) atoms. The lowest BCUT2D eigenvalue weighted by Crippen LogP contribution is -2.81. The molecular formula is C34H13F45N2O2. The Morgan fingerprint density at radius 3 is 0.783 bits per heavy atom. The van der Waals surface area contributed by atoms with Crippen LogP contribution in [-0.4, -0.2) is 149 Å². The number of hydrogen-bond donors (Lipinski definition) is 1. The number of aryl methyl sites for hydroxylation is 1. The molecule has 1 unspecified atom stereocenters. The van der Waals surface area contributed by atoms with Gasteiger partial charge < -0.3 is 5.32 Å². The normalized spacial score (nSPS) is 16.7. The molecule has 4 nitrogen and oxygen atoms in total. The van der Waals surface area contributed by atoms with E-state index in [9.17, 15) is 207 Å². The van der Waals surface area contributed by atoms with Crippen molar-refractivity contribution in [1.82, 2.24) is 5.32 Å². The largest absolute Gasteiger partial charge is 0.460 e. The molecule has 1 amide bonds. The zero-order valence-electron chi connectivity index (χ0n) is 37.3. The molecule has 1 rings (SSSR count). The average molecular weight is 1340 g/mol. The van der Waals surface area contributed by atoms with Gasteiger partial charge in [0.05, 0.1) is 11.3 Å². The van der Waals surface area contributed by atoms with Gasteiger partial charge in [0.15, 0.2) is 0 Å². The van der Waals surface area contributed by atoms with Crippen LogP contribution in [0.25, 0.3) is 0 Å². The van der Waals surface area contributed by atoms with E-state index in [0.717, 1.165) is 30.5 Å². The third kappa shape index (κ3) is 9.43. The molecule has 49 heteroatoms. The number of benzene rings is 1. The first-order valence-corrected chi connectivity index (χ1v) is 19.0. The second-order valence-electron chi connectivity index (χ2n) is 16.4. The summed E-state index contributed by atoms with van der Waals surface area (Å²) in [5, 5.41) is 1.10. The Morgan fingerprint density at radius 1 is 0.373 bits per heavy atom. The maximum atomic E-state index is 14.6. The summed E-state index contributed by atoms with van der Waals surface area (Å²) in [6, 6.07) is -0.599. The van der Waals surface area contributed by atoms with Gasteiger partial charge >= 0.3 is 131 Å². The van der Waals surface area contributed by atoms with Crippen LogP contribution in [0.1, 0.15) is 29.3 Å². The van der Waals surface area contributed by atoms with Gasteiger partial charge in [-0.1, -0.05) is 12.1 Å². The van der Waals surface area contributed by atoms with Crippen molar-refractivity contribution < 1.29 is 207 Å². The number of hydrogen-bond acceptors (Lipinski definition) is 3. The molecule has 1 aromatic rings. The molecule has 0 spiro atoms. The van der Waals surface area contributed by atoms with Crippen molar-refractivity contribution >= 4 is 17.7 Å². The summed E-state index contributed by atoms with van der Waals surface area (Å²) in [7, 11) is 0. The van der Waals surface area contributed by atoms with E-state index < -0.39 is 166 Å². The second kappa shape index (κ2) is 20.0. The molecule has 0 fully saturated rings. The van der Waals surface area contributed by atoms with E-state index in [0.29, 0.717) is 6.07 Å². The first kappa shape index (κ1) is 75.9. The monoisotopic (exact) mass is 1340 g/mol. The van der Waals surface area contributed by atoms with Crippen LogP contribution in [0.2, 0.25) is 0 Å². The van der Waals surface area contributed by atoms with Crippen molar-refractivity contribution in [3.8, 4) is 0 Å². The minimum atomic E-state index is -10.8. The fraction of sp³-hybridized carbons (Fsp3) is 0.765. The molecule has 0 bridgehead atoms. The highest BCUT2D eigenvalue weighted by molar-refractivity contribution is 6.00. The van der Waals surface area contributed by atoms with Crippen LogP contribution < -0.4 is 5.32 Å². The van der Waals surface area contributed by atoms with Crippen molar-refractivity contribution in [3.05, 3.63) is 29.3 Å². The van der Waals surface area contributed by atoms with Crippen LogP contribution in [0.3, 0.4) is 0 Å². The summed E-state index contributed by atoms with van der Waals surface area (Å²) in [4.78, 5) is 25.9. The number of isocyanates is 1. The second-order valence-corrected chi connectivity index (χ2v) is 16.4. The number of halogens is 45. The van der Waals surface area contributed by atoms with E-state index in [1.54, 1.807) is 0 Å². The van der Waals surface area contributed by atoms with E-state index in [4.69, 9.17) is 0 Å². The first-order chi connectivity index (χ1) is 35.5. The fourth-order valence-electron chi connectivity index (χ4n) is 5.91. The molecule has 0 heterocycles. The van der Waals surface area contributed by atoms with Crippen molar-refractivity contribution in [2.75, 3.05) is 0 Å². The summed E-state index contributed by atoms with van der Waals surface area (Å²) in [5.74, 6) is -215. The summed E-state index contributed by atoms with van der Waals surface area (Å²) in [6.45, 7) is 0.767. The molecule has 0 saturated carbocycles. The highest BCUT2D eigenvalue weighted by atomic mass is 19.4. The summed E-state index contributed by atoms with van der Waals surface area (Å²) in [6.07, 6.45) is -11.3. The summed E-state index contributed by atoms with van der Waals surface area (Å²) in [5.41, 5.74) is -2.26. The lowest BCUT2D eigenvalue weighted by Gasteiger charge is -2.47. The Labute approximate surface area is 422 Å². The van der Waals surface area contributed by atoms with Crippen molar-refractivity contribution in [1.29, 1.82) is 0 Å². The van der Waals surface area contributed by atoms with Crippen LogP contribution in [0, 0.1) is 6.92 Å². The third-order valence-corrected chi connectivity index (χ3v) is 10.9. The van der Waals surface area contributed by atoms with Crippen molar-refractivity contribution in [2.45, 2.75) is 157 Å². The summed E-state index contributed by atoms with van der Waals surface area (Å²) >= 11 is 0. The van der Waals surface area contributed by atoms with Crippen molar-refractivity contribution in [2.24, 2.45) is 4.99 Å². The molecule has 0 aliphatic rings.